The lowest BCUT2D eigenvalue weighted by molar-refractivity contribution is -0.334. The first-order valence-corrected chi connectivity index (χ1v) is 16.3. The number of carbonyl (C=O) groups excluding carboxylic acids is 2. The van der Waals surface area contributed by atoms with Crippen molar-refractivity contribution in [2.75, 3.05) is 4.90 Å². The van der Waals surface area contributed by atoms with Gasteiger partial charge in [-0.25, -0.2) is 18.8 Å². The number of nitrogens with zero attached hydrogens (tertiary/aromatic N) is 3. The van der Waals surface area contributed by atoms with E-state index in [0.717, 1.165) is 12.0 Å². The van der Waals surface area contributed by atoms with Crippen molar-refractivity contribution in [3.8, 4) is 0 Å². The SMILES string of the molecule is CC.CC.CC(C)NS(=O)c1cnc2n1C(C)C(=O)N2c1cc(Cl)cc(Cl)c1.CC/C(C)=C\C=C/C(C)OC(F)(F)F.NC=O. The Morgan fingerprint density at radius 1 is 1.16 bits per heavy atom. The molecule has 0 saturated heterocycles. The molecule has 2 amide bonds. The van der Waals surface area contributed by atoms with Gasteiger partial charge in [0.2, 0.25) is 12.4 Å². The molecule has 15 heteroatoms. The van der Waals surface area contributed by atoms with E-state index in [9.17, 15) is 22.2 Å². The number of primary amides is 1. The van der Waals surface area contributed by atoms with Gasteiger partial charge in [0.25, 0.3) is 5.91 Å². The molecule has 3 rings (SSSR count). The van der Waals surface area contributed by atoms with E-state index in [0.29, 0.717) is 26.7 Å². The lowest BCUT2D eigenvalue weighted by atomic mass is 10.2. The molecule has 1 aliphatic rings. The average Bonchev–Trinajstić information content (AvgIpc) is 3.48. The lowest BCUT2D eigenvalue weighted by Crippen LogP contribution is -2.27. The van der Waals surface area contributed by atoms with Crippen molar-refractivity contribution in [1.29, 1.82) is 0 Å². The van der Waals surface area contributed by atoms with Crippen LogP contribution in [0.5, 0.6) is 0 Å². The van der Waals surface area contributed by atoms with Crippen LogP contribution in [0.15, 0.2) is 53.2 Å². The Hall–Kier alpha value is -2.71. The van der Waals surface area contributed by atoms with Crippen LogP contribution in [-0.4, -0.2) is 44.6 Å². The van der Waals surface area contributed by atoms with Gasteiger partial charge in [0.05, 0.1) is 18.0 Å². The molecule has 0 saturated carbocycles. The summed E-state index contributed by atoms with van der Waals surface area (Å²) >= 11 is 12.1. The number of anilines is 2. The third-order valence-corrected chi connectivity index (χ3v) is 6.99. The number of ether oxygens (including phenoxy) is 1. The van der Waals surface area contributed by atoms with Crippen molar-refractivity contribution >= 4 is 58.1 Å². The second kappa shape index (κ2) is 22.7. The van der Waals surface area contributed by atoms with Gasteiger partial charge in [0.1, 0.15) is 22.1 Å². The largest absolute Gasteiger partial charge is 0.523 e. The van der Waals surface area contributed by atoms with Gasteiger partial charge < -0.3 is 5.73 Å². The second-order valence-electron chi connectivity index (χ2n) is 8.94. The van der Waals surface area contributed by atoms with Crippen LogP contribution in [0.1, 0.15) is 81.7 Å². The molecule has 3 atom stereocenters. The number of carbonyl (C=O) groups is 2. The minimum atomic E-state index is -4.56. The quantitative estimate of drug-likeness (QED) is 0.212. The zero-order valence-electron chi connectivity index (χ0n) is 27.4. The molecule has 3 N–H and O–H groups in total. The molecule has 0 spiro atoms. The number of alkyl halides is 3. The summed E-state index contributed by atoms with van der Waals surface area (Å²) in [5.41, 5.74) is 5.81. The number of hydrogen-bond acceptors (Lipinski definition) is 5. The van der Waals surface area contributed by atoms with E-state index < -0.39 is 29.5 Å². The van der Waals surface area contributed by atoms with E-state index in [1.165, 1.54) is 24.1 Å². The Balaban J connectivity index is 0. The third-order valence-electron chi connectivity index (χ3n) is 5.19. The molecule has 1 aromatic carbocycles. The minimum absolute atomic E-state index is 0.0345. The fraction of sp³-hybridized carbons (Fsp3) is 0.500. The Morgan fingerprint density at radius 3 is 2.11 bits per heavy atom. The maximum atomic E-state index is 12.7. The first-order valence-electron chi connectivity index (χ1n) is 14.3. The zero-order valence-corrected chi connectivity index (χ0v) is 29.7. The molecular formula is C30H46Cl2F3N5O4S. The topological polar surface area (TPSA) is 120 Å². The van der Waals surface area contributed by atoms with Crippen molar-refractivity contribution in [1.82, 2.24) is 14.3 Å². The number of rotatable bonds is 8. The van der Waals surface area contributed by atoms with Gasteiger partial charge >= 0.3 is 6.36 Å². The van der Waals surface area contributed by atoms with E-state index in [4.69, 9.17) is 28.0 Å². The summed E-state index contributed by atoms with van der Waals surface area (Å²) in [5.74, 6) is 0.221. The van der Waals surface area contributed by atoms with Gasteiger partial charge in [0, 0.05) is 16.1 Å². The number of allylic oxidation sites excluding steroid dienone is 3. The standard InChI is InChI=1S/C15H16Cl2N4O2S.C10H15F3O.2C2H6.CH3NO/c1-8(2)19-24(23)13-7-18-15-20(13)9(3)14(22)21(15)12-5-10(16)4-11(17)6-12;1-4-8(2)6-5-7-9(3)14-10(11,12)13;2*1-2;2-1-3/h4-9,19H,1-3H3;5-7,9H,4H2,1-3H3;2*1-2H3;1H,(H2,2,3)/b;7-5-,8-6-;;;. The first-order chi connectivity index (χ1) is 21.1. The number of imidazole rings is 1. The number of aromatic nitrogens is 2. The predicted molar refractivity (Wildman–Crippen MR) is 178 cm³/mol. The van der Waals surface area contributed by atoms with Crippen LogP contribution in [0.25, 0.3) is 0 Å². The van der Waals surface area contributed by atoms with E-state index >= 15 is 0 Å². The van der Waals surface area contributed by atoms with E-state index in [1.54, 1.807) is 41.8 Å². The van der Waals surface area contributed by atoms with Gasteiger partial charge in [-0.05, 0) is 59.2 Å². The lowest BCUT2D eigenvalue weighted by Gasteiger charge is -2.15. The first kappa shape index (κ1) is 44.4. The van der Waals surface area contributed by atoms with Crippen molar-refractivity contribution in [3.63, 3.8) is 0 Å². The van der Waals surface area contributed by atoms with Crippen LogP contribution in [-0.2, 0) is 25.3 Å². The van der Waals surface area contributed by atoms with E-state index in [-0.39, 0.29) is 18.4 Å². The molecule has 1 aromatic heterocycles. The molecule has 2 heterocycles. The van der Waals surface area contributed by atoms with Crippen LogP contribution in [0.4, 0.5) is 24.8 Å². The van der Waals surface area contributed by atoms with Gasteiger partial charge in [0.15, 0.2) is 0 Å². The summed E-state index contributed by atoms with van der Waals surface area (Å²) in [5, 5.41) is 1.30. The number of amides is 2. The van der Waals surface area contributed by atoms with Gasteiger partial charge in [-0.1, -0.05) is 81.6 Å². The van der Waals surface area contributed by atoms with Crippen molar-refractivity contribution in [3.05, 3.63) is 58.2 Å². The average molecular weight is 701 g/mol. The van der Waals surface area contributed by atoms with Crippen molar-refractivity contribution in [2.24, 2.45) is 5.73 Å². The van der Waals surface area contributed by atoms with Crippen LogP contribution < -0.4 is 15.4 Å². The van der Waals surface area contributed by atoms with Gasteiger partial charge in [-0.15, -0.1) is 13.2 Å². The molecule has 0 bridgehead atoms. The zero-order chi connectivity index (χ0) is 35.5. The molecule has 0 aliphatic carbocycles. The summed E-state index contributed by atoms with van der Waals surface area (Å²) in [6, 6.07) is 4.40. The maximum absolute atomic E-state index is 12.7. The Bertz CT molecular complexity index is 1250. The highest BCUT2D eigenvalue weighted by atomic mass is 35.5. The number of halogens is 5. The summed E-state index contributed by atoms with van der Waals surface area (Å²) in [6.07, 6.45) is 1.86. The fourth-order valence-corrected chi connectivity index (χ4v) is 4.96. The minimum Gasteiger partial charge on any atom is -0.372 e. The number of hydrogen-bond donors (Lipinski definition) is 2. The molecule has 45 heavy (non-hydrogen) atoms. The third kappa shape index (κ3) is 15.9. The molecule has 9 nitrogen and oxygen atoms in total. The normalized spacial score (nSPS) is 15.4. The number of fused-ring (bicyclic) bond motifs is 1. The van der Waals surface area contributed by atoms with Crippen LogP contribution in [0.3, 0.4) is 0 Å². The summed E-state index contributed by atoms with van der Waals surface area (Å²) < 4.78 is 55.8. The van der Waals surface area contributed by atoms with Crippen LogP contribution in [0.2, 0.25) is 10.0 Å². The second-order valence-corrected chi connectivity index (χ2v) is 11.0. The predicted octanol–water partition coefficient (Wildman–Crippen LogP) is 8.43. The molecule has 0 fully saturated rings. The molecule has 1 aliphatic heterocycles. The van der Waals surface area contributed by atoms with E-state index in [2.05, 4.69) is 20.2 Å². The molecule has 2 aromatic rings. The maximum Gasteiger partial charge on any atom is 0.523 e. The Morgan fingerprint density at radius 2 is 1.67 bits per heavy atom. The van der Waals surface area contributed by atoms with Crippen LogP contribution >= 0.6 is 23.2 Å². The van der Waals surface area contributed by atoms with Crippen molar-refractivity contribution < 1.29 is 31.7 Å². The fourth-order valence-electron chi connectivity index (χ4n) is 3.33. The monoisotopic (exact) mass is 699 g/mol. The number of benzene rings is 1. The van der Waals surface area contributed by atoms with Crippen LogP contribution in [0, 0.1) is 0 Å². The molecular weight excluding hydrogens is 654 g/mol. The Kier molecular flexibility index (Phi) is 22.4. The number of nitrogens with two attached hydrogens (primary N) is 1. The number of nitrogens with one attached hydrogen (secondary N) is 1. The summed E-state index contributed by atoms with van der Waals surface area (Å²) in [4.78, 5) is 27.0. The van der Waals surface area contributed by atoms with Gasteiger partial charge in [-0.3, -0.25) is 18.9 Å². The van der Waals surface area contributed by atoms with Gasteiger partial charge in [-0.2, -0.15) is 0 Å². The highest BCUT2D eigenvalue weighted by molar-refractivity contribution is 7.83. The highest BCUT2D eigenvalue weighted by Gasteiger charge is 2.39. The molecule has 0 radical (unpaired) electrons. The van der Waals surface area contributed by atoms with E-state index in [1.807, 2.05) is 55.4 Å². The summed E-state index contributed by atoms with van der Waals surface area (Å²) in [6.45, 7) is 18.8. The Labute approximate surface area is 277 Å². The molecule has 256 valence electrons. The van der Waals surface area contributed by atoms with Crippen molar-refractivity contribution in [2.45, 2.75) is 105 Å². The summed E-state index contributed by atoms with van der Waals surface area (Å²) in [7, 11) is -1.46. The molecule has 3 unspecified atom stereocenters. The smallest absolute Gasteiger partial charge is 0.372 e. The highest BCUT2D eigenvalue weighted by Crippen LogP contribution is 2.39.